The van der Waals surface area contributed by atoms with Gasteiger partial charge in [-0.15, -0.1) is 0 Å². The number of rotatable bonds is 4. The molecule has 4 aromatic rings. The van der Waals surface area contributed by atoms with E-state index in [0.29, 0.717) is 17.8 Å². The molecule has 0 atom stereocenters. The molecular weight excluding hydrogens is 352 g/mol. The van der Waals surface area contributed by atoms with Gasteiger partial charge in [-0.25, -0.2) is 9.50 Å². The van der Waals surface area contributed by atoms with Gasteiger partial charge in [-0.1, -0.05) is 29.8 Å². The van der Waals surface area contributed by atoms with Crippen molar-refractivity contribution in [1.29, 1.82) is 0 Å². The smallest absolute Gasteiger partial charge is 0.257 e. The number of nitrogens with zero attached hydrogens (tertiary/aromatic N) is 5. The van der Waals surface area contributed by atoms with Crippen molar-refractivity contribution in [1.82, 2.24) is 29.7 Å². The minimum atomic E-state index is -0.203. The van der Waals surface area contributed by atoms with Gasteiger partial charge in [0.05, 0.1) is 17.6 Å². The van der Waals surface area contributed by atoms with Crippen molar-refractivity contribution in [3.63, 3.8) is 0 Å². The Bertz CT molecular complexity index is 1170. The van der Waals surface area contributed by atoms with Crippen LogP contribution in [0.1, 0.15) is 32.9 Å². The van der Waals surface area contributed by atoms with Crippen molar-refractivity contribution in [2.75, 3.05) is 0 Å². The summed E-state index contributed by atoms with van der Waals surface area (Å²) in [4.78, 5) is 17.2. The monoisotopic (exact) mass is 374 g/mol. The SMILES string of the molecule is Cc1ccc(-c2ccnc3c(C(=O)NCc4c(C)nn(C)c4C)cnn23)cc1. The molecule has 0 saturated heterocycles. The summed E-state index contributed by atoms with van der Waals surface area (Å²) < 4.78 is 3.53. The lowest BCUT2D eigenvalue weighted by Crippen LogP contribution is -2.23. The van der Waals surface area contributed by atoms with Crippen molar-refractivity contribution < 1.29 is 4.79 Å². The molecule has 0 saturated carbocycles. The molecule has 0 bridgehead atoms. The average Bonchev–Trinajstić information content (AvgIpc) is 3.22. The molecule has 3 aromatic heterocycles. The van der Waals surface area contributed by atoms with Crippen molar-refractivity contribution in [2.45, 2.75) is 27.3 Å². The highest BCUT2D eigenvalue weighted by Crippen LogP contribution is 2.21. The van der Waals surface area contributed by atoms with Gasteiger partial charge in [0.25, 0.3) is 5.91 Å². The van der Waals surface area contributed by atoms with E-state index in [4.69, 9.17) is 0 Å². The summed E-state index contributed by atoms with van der Waals surface area (Å²) in [6.07, 6.45) is 3.27. The molecule has 0 aliphatic heterocycles. The first kappa shape index (κ1) is 17.9. The topological polar surface area (TPSA) is 77.1 Å². The third-order valence-corrected chi connectivity index (χ3v) is 5.08. The summed E-state index contributed by atoms with van der Waals surface area (Å²) in [6, 6.07) is 10.1. The number of hydrogen-bond acceptors (Lipinski definition) is 4. The largest absolute Gasteiger partial charge is 0.348 e. The maximum Gasteiger partial charge on any atom is 0.257 e. The van der Waals surface area contributed by atoms with Crippen molar-refractivity contribution >= 4 is 11.6 Å². The third-order valence-electron chi connectivity index (χ3n) is 5.08. The predicted octanol–water partition coefficient (Wildman–Crippen LogP) is 2.99. The molecule has 7 heteroatoms. The summed E-state index contributed by atoms with van der Waals surface area (Å²) >= 11 is 0. The number of carbonyl (C=O) groups excluding carboxylic acids is 1. The lowest BCUT2D eigenvalue weighted by molar-refractivity contribution is 0.0952. The van der Waals surface area contributed by atoms with Crippen molar-refractivity contribution in [3.05, 3.63) is 70.8 Å². The summed E-state index contributed by atoms with van der Waals surface area (Å²) in [5.74, 6) is -0.203. The quantitative estimate of drug-likeness (QED) is 0.596. The molecule has 28 heavy (non-hydrogen) atoms. The van der Waals surface area contributed by atoms with Crippen LogP contribution in [0.4, 0.5) is 0 Å². The highest BCUT2D eigenvalue weighted by atomic mass is 16.1. The van der Waals surface area contributed by atoms with E-state index >= 15 is 0 Å². The lowest BCUT2D eigenvalue weighted by atomic mass is 10.1. The van der Waals surface area contributed by atoms with Crippen LogP contribution in [0.25, 0.3) is 16.9 Å². The van der Waals surface area contributed by atoms with E-state index in [1.165, 1.54) is 5.56 Å². The van der Waals surface area contributed by atoms with Crippen LogP contribution in [-0.4, -0.2) is 30.3 Å². The fourth-order valence-electron chi connectivity index (χ4n) is 3.33. The molecule has 0 aliphatic carbocycles. The summed E-state index contributed by atoms with van der Waals surface area (Å²) in [5.41, 5.74) is 7.08. The van der Waals surface area contributed by atoms with Crippen LogP contribution < -0.4 is 5.32 Å². The Balaban J connectivity index is 1.63. The Hall–Kier alpha value is -3.48. The average molecular weight is 374 g/mol. The van der Waals surface area contributed by atoms with Crippen LogP contribution in [0.15, 0.2) is 42.7 Å². The number of aromatic nitrogens is 5. The van der Waals surface area contributed by atoms with Gasteiger partial charge < -0.3 is 5.32 Å². The van der Waals surface area contributed by atoms with Crippen molar-refractivity contribution in [2.24, 2.45) is 7.05 Å². The third kappa shape index (κ3) is 3.05. The van der Waals surface area contributed by atoms with E-state index in [0.717, 1.165) is 28.2 Å². The summed E-state index contributed by atoms with van der Waals surface area (Å²) in [7, 11) is 1.90. The number of nitrogens with one attached hydrogen (secondary N) is 1. The van der Waals surface area contributed by atoms with E-state index in [9.17, 15) is 4.79 Å². The van der Waals surface area contributed by atoms with Gasteiger partial charge in [0.2, 0.25) is 0 Å². The molecule has 4 rings (SSSR count). The van der Waals surface area contributed by atoms with Crippen LogP contribution in [0.5, 0.6) is 0 Å². The van der Waals surface area contributed by atoms with Crippen LogP contribution >= 0.6 is 0 Å². The minimum Gasteiger partial charge on any atom is -0.348 e. The molecule has 1 amide bonds. The fraction of sp³-hybridized carbons (Fsp3) is 0.238. The molecule has 0 unspecified atom stereocenters. The number of hydrogen-bond donors (Lipinski definition) is 1. The molecule has 0 spiro atoms. The van der Waals surface area contributed by atoms with Crippen LogP contribution in [0, 0.1) is 20.8 Å². The first-order chi connectivity index (χ1) is 13.5. The second-order valence-corrected chi connectivity index (χ2v) is 6.95. The van der Waals surface area contributed by atoms with E-state index in [1.54, 1.807) is 16.9 Å². The van der Waals surface area contributed by atoms with Gasteiger partial charge in [-0.2, -0.15) is 10.2 Å². The van der Waals surface area contributed by atoms with Gasteiger partial charge in [-0.05, 0) is 26.8 Å². The molecule has 7 nitrogen and oxygen atoms in total. The molecule has 1 aromatic carbocycles. The molecule has 0 radical (unpaired) electrons. The number of aryl methyl sites for hydroxylation is 3. The summed E-state index contributed by atoms with van der Waals surface area (Å²) in [6.45, 7) is 6.40. The fourth-order valence-corrected chi connectivity index (χ4v) is 3.33. The first-order valence-corrected chi connectivity index (χ1v) is 9.12. The van der Waals surface area contributed by atoms with Gasteiger partial charge in [0, 0.05) is 36.6 Å². The normalized spacial score (nSPS) is 11.1. The molecule has 142 valence electrons. The van der Waals surface area contributed by atoms with Crippen LogP contribution in [0.2, 0.25) is 0 Å². The second kappa shape index (κ2) is 6.92. The predicted molar refractivity (Wildman–Crippen MR) is 107 cm³/mol. The van der Waals surface area contributed by atoms with E-state index in [2.05, 4.69) is 32.6 Å². The van der Waals surface area contributed by atoms with E-state index in [1.807, 2.05) is 50.7 Å². The Labute approximate surface area is 163 Å². The number of benzene rings is 1. The summed E-state index contributed by atoms with van der Waals surface area (Å²) in [5, 5.41) is 11.8. The Kier molecular flexibility index (Phi) is 4.43. The standard InChI is InChI=1S/C21H22N6O/c1-13-5-7-16(8-6-13)19-9-10-22-20-18(12-24-27(19)20)21(28)23-11-17-14(2)25-26(4)15(17)3/h5-10,12H,11H2,1-4H3,(H,23,28). The second-order valence-electron chi connectivity index (χ2n) is 6.95. The molecule has 3 heterocycles. The highest BCUT2D eigenvalue weighted by molar-refractivity contribution is 5.99. The van der Waals surface area contributed by atoms with Crippen LogP contribution in [-0.2, 0) is 13.6 Å². The lowest BCUT2D eigenvalue weighted by Gasteiger charge is -2.07. The highest BCUT2D eigenvalue weighted by Gasteiger charge is 2.17. The molecule has 0 fully saturated rings. The maximum atomic E-state index is 12.8. The van der Waals surface area contributed by atoms with Gasteiger partial charge in [0.15, 0.2) is 5.65 Å². The zero-order valence-corrected chi connectivity index (χ0v) is 16.4. The van der Waals surface area contributed by atoms with E-state index in [-0.39, 0.29) is 5.91 Å². The first-order valence-electron chi connectivity index (χ1n) is 9.12. The zero-order valence-electron chi connectivity index (χ0n) is 16.4. The molecule has 0 aliphatic rings. The minimum absolute atomic E-state index is 0.203. The Morgan fingerprint density at radius 2 is 1.86 bits per heavy atom. The zero-order chi connectivity index (χ0) is 19.8. The Morgan fingerprint density at radius 3 is 2.54 bits per heavy atom. The van der Waals surface area contributed by atoms with Gasteiger partial charge >= 0.3 is 0 Å². The number of fused-ring (bicyclic) bond motifs is 1. The van der Waals surface area contributed by atoms with Crippen molar-refractivity contribution in [3.8, 4) is 11.3 Å². The molecular formula is C21H22N6O. The van der Waals surface area contributed by atoms with Crippen LogP contribution in [0.3, 0.4) is 0 Å². The van der Waals surface area contributed by atoms with E-state index < -0.39 is 0 Å². The number of amides is 1. The number of carbonyl (C=O) groups is 1. The van der Waals surface area contributed by atoms with Gasteiger partial charge in [0.1, 0.15) is 5.56 Å². The van der Waals surface area contributed by atoms with Gasteiger partial charge in [-0.3, -0.25) is 9.48 Å². The molecule has 1 N–H and O–H groups in total. The maximum absolute atomic E-state index is 12.8. The Morgan fingerprint density at radius 1 is 1.11 bits per heavy atom.